The van der Waals surface area contributed by atoms with Gasteiger partial charge in [-0.1, -0.05) is 26.0 Å². The van der Waals surface area contributed by atoms with Crippen molar-refractivity contribution in [2.45, 2.75) is 39.7 Å². The average Bonchev–Trinajstić information content (AvgIpc) is 2.73. The van der Waals surface area contributed by atoms with Crippen LogP contribution in [0.15, 0.2) is 42.6 Å². The number of rotatable bonds is 8. The summed E-state index contributed by atoms with van der Waals surface area (Å²) in [5.74, 6) is 1.53. The number of amides is 1. The van der Waals surface area contributed by atoms with E-state index in [1.165, 1.54) is 12.8 Å². The van der Waals surface area contributed by atoms with E-state index in [0.717, 1.165) is 30.4 Å². The Morgan fingerprint density at radius 1 is 1.20 bits per heavy atom. The summed E-state index contributed by atoms with van der Waals surface area (Å²) in [4.78, 5) is 19.3. The Morgan fingerprint density at radius 2 is 1.97 bits per heavy atom. The second-order valence-electron chi connectivity index (χ2n) is 7.88. The largest absolute Gasteiger partial charge is 0.357 e. The van der Waals surface area contributed by atoms with Crippen LogP contribution in [0.5, 0.6) is 0 Å². The smallest absolute Gasteiger partial charge is 0.251 e. The number of carbonyl (C=O) groups excluding carboxylic acids is 1. The summed E-state index contributed by atoms with van der Waals surface area (Å²) in [6, 6.07) is 10.5. The van der Waals surface area contributed by atoms with Gasteiger partial charge >= 0.3 is 0 Å². The lowest BCUT2D eigenvalue weighted by atomic mass is 9.99. The van der Waals surface area contributed by atoms with Crippen LogP contribution in [0.3, 0.4) is 0 Å². The fourth-order valence-electron chi connectivity index (χ4n) is 3.45. The normalized spacial score (nSPS) is 15.1. The van der Waals surface area contributed by atoms with Crippen LogP contribution < -0.4 is 14.9 Å². The summed E-state index contributed by atoms with van der Waals surface area (Å²) >= 11 is 0. The van der Waals surface area contributed by atoms with Crippen molar-refractivity contribution in [1.29, 1.82) is 0 Å². The Morgan fingerprint density at radius 3 is 2.63 bits per heavy atom. The molecule has 162 valence electrons. The molecule has 0 aliphatic carbocycles. The highest BCUT2D eigenvalue weighted by Gasteiger charge is 2.17. The molecule has 1 saturated heterocycles. The number of aromatic nitrogens is 1. The molecule has 0 spiro atoms. The molecule has 0 saturated carbocycles. The highest BCUT2D eigenvalue weighted by atomic mass is 32.2. The first-order valence-corrected chi connectivity index (χ1v) is 12.1. The van der Waals surface area contributed by atoms with Crippen LogP contribution in [0.2, 0.25) is 0 Å². The van der Waals surface area contributed by atoms with Crippen molar-refractivity contribution in [2.24, 2.45) is 5.92 Å². The van der Waals surface area contributed by atoms with E-state index in [1.54, 1.807) is 37.4 Å². The third-order valence-corrected chi connectivity index (χ3v) is 6.73. The zero-order valence-corrected chi connectivity index (χ0v) is 18.4. The van der Waals surface area contributed by atoms with Crippen LogP contribution in [0.1, 0.15) is 49.0 Å². The Labute approximate surface area is 178 Å². The summed E-state index contributed by atoms with van der Waals surface area (Å²) in [6.07, 6.45) is 4.70. The standard InChI is InChI=1S/C22H30N4O3S/c1-3-13-30(28,29)25-20-6-4-5-19(14-20)22(27)24-16-18-7-8-21(23-15-18)26-11-9-17(2)10-12-26/h4-8,14-15,17,25H,3,9-13,16H2,1-2H3,(H,24,27). The SMILES string of the molecule is CCCS(=O)(=O)Nc1cccc(C(=O)NCc2ccc(N3CCC(C)CC3)nc2)c1. The lowest BCUT2D eigenvalue weighted by Crippen LogP contribution is -2.33. The molecule has 1 aliphatic rings. The van der Waals surface area contributed by atoms with Crippen molar-refractivity contribution in [2.75, 3.05) is 28.5 Å². The quantitative estimate of drug-likeness (QED) is 0.670. The molecule has 7 nitrogen and oxygen atoms in total. The summed E-state index contributed by atoms with van der Waals surface area (Å²) in [5, 5.41) is 2.87. The third kappa shape index (κ3) is 6.19. The number of piperidine rings is 1. The maximum atomic E-state index is 12.5. The van der Waals surface area contributed by atoms with Gasteiger partial charge in [0.2, 0.25) is 10.0 Å². The number of hydrogen-bond donors (Lipinski definition) is 2. The van der Waals surface area contributed by atoms with Gasteiger partial charge in [0, 0.05) is 37.1 Å². The van der Waals surface area contributed by atoms with E-state index in [1.807, 2.05) is 12.1 Å². The summed E-state index contributed by atoms with van der Waals surface area (Å²) in [6.45, 7) is 6.50. The molecule has 1 amide bonds. The molecular weight excluding hydrogens is 400 g/mol. The number of nitrogens with zero attached hydrogens (tertiary/aromatic N) is 2. The van der Waals surface area contributed by atoms with Gasteiger partial charge in [-0.3, -0.25) is 9.52 Å². The molecule has 1 aliphatic heterocycles. The molecule has 1 aromatic carbocycles. The van der Waals surface area contributed by atoms with E-state index in [0.29, 0.717) is 24.2 Å². The Bertz CT molecular complexity index is 953. The minimum atomic E-state index is -3.39. The van der Waals surface area contributed by atoms with Gasteiger partial charge in [0.05, 0.1) is 5.75 Å². The van der Waals surface area contributed by atoms with Crippen LogP contribution in [-0.4, -0.2) is 38.2 Å². The van der Waals surface area contributed by atoms with Gasteiger partial charge in [-0.05, 0) is 55.0 Å². The average molecular weight is 431 g/mol. The van der Waals surface area contributed by atoms with Crippen LogP contribution in [0, 0.1) is 5.92 Å². The number of nitrogens with one attached hydrogen (secondary N) is 2. The fourth-order valence-corrected chi connectivity index (χ4v) is 4.58. The van der Waals surface area contributed by atoms with Gasteiger partial charge in [0.15, 0.2) is 0 Å². The topological polar surface area (TPSA) is 91.4 Å². The molecule has 2 aromatic rings. The molecule has 1 fully saturated rings. The van der Waals surface area contributed by atoms with Crippen molar-refractivity contribution >= 4 is 27.4 Å². The molecule has 0 bridgehead atoms. The summed E-state index contributed by atoms with van der Waals surface area (Å²) in [7, 11) is -3.39. The number of hydrogen-bond acceptors (Lipinski definition) is 5. The maximum Gasteiger partial charge on any atom is 0.251 e. The Balaban J connectivity index is 1.56. The molecule has 0 atom stereocenters. The van der Waals surface area contributed by atoms with E-state index in [9.17, 15) is 13.2 Å². The first-order valence-electron chi connectivity index (χ1n) is 10.4. The first kappa shape index (κ1) is 22.1. The molecule has 2 heterocycles. The molecule has 0 unspecified atom stereocenters. The number of anilines is 2. The van der Waals surface area contributed by atoms with E-state index < -0.39 is 10.0 Å². The van der Waals surface area contributed by atoms with Gasteiger partial charge in [0.25, 0.3) is 5.91 Å². The van der Waals surface area contributed by atoms with E-state index >= 15 is 0 Å². The van der Waals surface area contributed by atoms with Crippen molar-refractivity contribution in [3.63, 3.8) is 0 Å². The second-order valence-corrected chi connectivity index (χ2v) is 9.72. The van der Waals surface area contributed by atoms with Crippen molar-refractivity contribution in [3.05, 3.63) is 53.7 Å². The Kier molecular flexibility index (Phi) is 7.31. The molecule has 8 heteroatoms. The van der Waals surface area contributed by atoms with Crippen LogP contribution in [0.4, 0.5) is 11.5 Å². The molecule has 2 N–H and O–H groups in total. The number of benzene rings is 1. The van der Waals surface area contributed by atoms with E-state index in [2.05, 4.69) is 26.8 Å². The van der Waals surface area contributed by atoms with Crippen molar-refractivity contribution in [1.82, 2.24) is 10.3 Å². The molecule has 30 heavy (non-hydrogen) atoms. The van der Waals surface area contributed by atoms with Gasteiger partial charge in [-0.15, -0.1) is 0 Å². The first-order chi connectivity index (χ1) is 14.4. The van der Waals surface area contributed by atoms with Gasteiger partial charge in [-0.2, -0.15) is 0 Å². The molecule has 3 rings (SSSR count). The van der Waals surface area contributed by atoms with E-state index in [-0.39, 0.29) is 11.7 Å². The minimum Gasteiger partial charge on any atom is -0.357 e. The monoisotopic (exact) mass is 430 g/mol. The third-order valence-electron chi connectivity index (χ3n) is 5.24. The van der Waals surface area contributed by atoms with Crippen LogP contribution >= 0.6 is 0 Å². The zero-order chi connectivity index (χ0) is 21.6. The lowest BCUT2D eigenvalue weighted by molar-refractivity contribution is 0.0951. The Hall–Kier alpha value is -2.61. The highest BCUT2D eigenvalue weighted by molar-refractivity contribution is 7.92. The van der Waals surface area contributed by atoms with Crippen LogP contribution in [-0.2, 0) is 16.6 Å². The number of sulfonamides is 1. The predicted molar refractivity (Wildman–Crippen MR) is 120 cm³/mol. The number of pyridine rings is 1. The van der Waals surface area contributed by atoms with E-state index in [4.69, 9.17) is 0 Å². The number of carbonyl (C=O) groups is 1. The summed E-state index contributed by atoms with van der Waals surface area (Å²) in [5.41, 5.74) is 1.70. The fraction of sp³-hybridized carbons (Fsp3) is 0.455. The zero-order valence-electron chi connectivity index (χ0n) is 17.6. The van der Waals surface area contributed by atoms with Gasteiger partial charge in [-0.25, -0.2) is 13.4 Å². The maximum absolute atomic E-state index is 12.5. The predicted octanol–water partition coefficient (Wildman–Crippen LogP) is 3.40. The second kappa shape index (κ2) is 9.93. The minimum absolute atomic E-state index is 0.0445. The van der Waals surface area contributed by atoms with Gasteiger partial charge in [0.1, 0.15) is 5.82 Å². The molecule has 1 aromatic heterocycles. The highest BCUT2D eigenvalue weighted by Crippen LogP contribution is 2.21. The molecular formula is C22H30N4O3S. The van der Waals surface area contributed by atoms with Crippen LogP contribution in [0.25, 0.3) is 0 Å². The van der Waals surface area contributed by atoms with Crippen molar-refractivity contribution < 1.29 is 13.2 Å². The summed E-state index contributed by atoms with van der Waals surface area (Å²) < 4.78 is 26.4. The lowest BCUT2D eigenvalue weighted by Gasteiger charge is -2.31. The molecule has 0 radical (unpaired) electrons. The van der Waals surface area contributed by atoms with Crippen molar-refractivity contribution in [3.8, 4) is 0 Å². The van der Waals surface area contributed by atoms with Gasteiger partial charge < -0.3 is 10.2 Å².